The largest absolute Gasteiger partial charge is 0.496 e. The van der Waals surface area contributed by atoms with Crippen LogP contribution in [0.15, 0.2) is 18.2 Å². The topological polar surface area (TPSA) is 63.2 Å². The molecule has 0 heterocycles. The molecule has 0 aromatic heterocycles. The Morgan fingerprint density at radius 1 is 0.913 bits per heavy atom. The standard InChI is InChI=1S/C17H20O6/c1-10(18)11-8-14(22-5)15-12(20-3)6-7-13(21-4)16(15)17(11)23-9-19-2/h6-8H,9H2,1-5H3. The summed E-state index contributed by atoms with van der Waals surface area (Å²) >= 11 is 0. The number of Topliss-reactive ketones (excluding diaryl/α,β-unsaturated/α-hetero) is 1. The molecule has 0 amide bonds. The van der Waals surface area contributed by atoms with Crippen molar-refractivity contribution >= 4 is 16.6 Å². The molecule has 0 spiro atoms. The van der Waals surface area contributed by atoms with Crippen LogP contribution < -0.4 is 18.9 Å². The van der Waals surface area contributed by atoms with Gasteiger partial charge in [-0.25, -0.2) is 0 Å². The molecule has 0 N–H and O–H groups in total. The predicted octanol–water partition coefficient (Wildman–Crippen LogP) is 3.05. The molecule has 6 heteroatoms. The summed E-state index contributed by atoms with van der Waals surface area (Å²) in [4.78, 5) is 12.0. The van der Waals surface area contributed by atoms with E-state index >= 15 is 0 Å². The zero-order valence-corrected chi connectivity index (χ0v) is 13.9. The van der Waals surface area contributed by atoms with Crippen LogP contribution in [-0.4, -0.2) is 41.0 Å². The summed E-state index contributed by atoms with van der Waals surface area (Å²) in [6, 6.07) is 5.17. The maximum atomic E-state index is 12.0. The number of ketones is 1. The number of carbonyl (C=O) groups excluding carboxylic acids is 1. The highest BCUT2D eigenvalue weighted by atomic mass is 16.7. The molecule has 124 valence electrons. The molecule has 23 heavy (non-hydrogen) atoms. The van der Waals surface area contributed by atoms with Crippen LogP contribution >= 0.6 is 0 Å². The number of hydrogen-bond acceptors (Lipinski definition) is 6. The van der Waals surface area contributed by atoms with E-state index in [-0.39, 0.29) is 12.6 Å². The highest BCUT2D eigenvalue weighted by Gasteiger charge is 2.23. The van der Waals surface area contributed by atoms with E-state index in [1.54, 1.807) is 32.4 Å². The first-order chi connectivity index (χ1) is 11.1. The highest BCUT2D eigenvalue weighted by molar-refractivity contribution is 6.10. The molecule has 0 unspecified atom stereocenters. The number of fused-ring (bicyclic) bond motifs is 1. The van der Waals surface area contributed by atoms with Gasteiger partial charge in [-0.15, -0.1) is 0 Å². The molecule has 0 radical (unpaired) electrons. The third-order valence-electron chi connectivity index (χ3n) is 3.48. The van der Waals surface area contributed by atoms with Gasteiger partial charge in [0.2, 0.25) is 0 Å². The minimum atomic E-state index is -0.152. The number of rotatable bonds is 7. The summed E-state index contributed by atoms with van der Waals surface area (Å²) in [5.41, 5.74) is 0.387. The molecule has 2 aromatic carbocycles. The third kappa shape index (κ3) is 3.03. The van der Waals surface area contributed by atoms with Crippen LogP contribution in [0.5, 0.6) is 23.0 Å². The zero-order chi connectivity index (χ0) is 17.0. The van der Waals surface area contributed by atoms with Crippen LogP contribution in [0.25, 0.3) is 10.8 Å². The van der Waals surface area contributed by atoms with Crippen LogP contribution in [0.2, 0.25) is 0 Å². The highest BCUT2D eigenvalue weighted by Crippen LogP contribution is 2.46. The van der Waals surface area contributed by atoms with Gasteiger partial charge in [0.1, 0.15) is 23.0 Å². The van der Waals surface area contributed by atoms with E-state index < -0.39 is 0 Å². The van der Waals surface area contributed by atoms with Crippen LogP contribution in [-0.2, 0) is 4.74 Å². The number of hydrogen-bond donors (Lipinski definition) is 0. The van der Waals surface area contributed by atoms with E-state index in [0.29, 0.717) is 39.3 Å². The van der Waals surface area contributed by atoms with Crippen LogP contribution in [0, 0.1) is 0 Å². The average Bonchev–Trinajstić information content (AvgIpc) is 2.57. The molecule has 0 atom stereocenters. The van der Waals surface area contributed by atoms with E-state index in [9.17, 15) is 4.79 Å². The molecular weight excluding hydrogens is 300 g/mol. The molecule has 0 saturated heterocycles. The Bertz CT molecular complexity index is 723. The molecule has 0 fully saturated rings. The molecule has 2 rings (SSSR count). The van der Waals surface area contributed by atoms with Crippen molar-refractivity contribution in [3.8, 4) is 23.0 Å². The first-order valence-corrected chi connectivity index (χ1v) is 6.97. The van der Waals surface area contributed by atoms with Gasteiger partial charge in [-0.05, 0) is 25.1 Å². The number of methoxy groups -OCH3 is 4. The lowest BCUT2D eigenvalue weighted by Crippen LogP contribution is -2.07. The SMILES string of the molecule is COCOc1c(C(C)=O)cc(OC)c2c(OC)ccc(OC)c12. The third-order valence-corrected chi connectivity index (χ3v) is 3.48. The van der Waals surface area contributed by atoms with Gasteiger partial charge in [0, 0.05) is 7.11 Å². The second kappa shape index (κ2) is 7.19. The predicted molar refractivity (Wildman–Crippen MR) is 86.1 cm³/mol. The van der Waals surface area contributed by atoms with E-state index in [4.69, 9.17) is 23.7 Å². The summed E-state index contributed by atoms with van der Waals surface area (Å²) in [5, 5.41) is 1.28. The number of carbonyl (C=O) groups is 1. The lowest BCUT2D eigenvalue weighted by Gasteiger charge is -2.19. The van der Waals surface area contributed by atoms with Crippen molar-refractivity contribution < 1.29 is 28.5 Å². The Balaban J connectivity index is 2.95. The lowest BCUT2D eigenvalue weighted by atomic mass is 10.00. The van der Waals surface area contributed by atoms with Crippen molar-refractivity contribution in [1.29, 1.82) is 0 Å². The van der Waals surface area contributed by atoms with Crippen molar-refractivity contribution in [1.82, 2.24) is 0 Å². The first kappa shape index (κ1) is 16.9. The van der Waals surface area contributed by atoms with E-state index in [2.05, 4.69) is 0 Å². The fraction of sp³-hybridized carbons (Fsp3) is 0.353. The summed E-state index contributed by atoms with van der Waals surface area (Å²) in [7, 11) is 6.16. The quantitative estimate of drug-likeness (QED) is 0.577. The van der Waals surface area contributed by atoms with Gasteiger partial charge in [0.15, 0.2) is 12.6 Å². The fourth-order valence-electron chi connectivity index (χ4n) is 2.47. The molecule has 6 nitrogen and oxygen atoms in total. The van der Waals surface area contributed by atoms with Gasteiger partial charge in [-0.2, -0.15) is 0 Å². The van der Waals surface area contributed by atoms with Gasteiger partial charge < -0.3 is 23.7 Å². The average molecular weight is 320 g/mol. The minimum Gasteiger partial charge on any atom is -0.496 e. The Kier molecular flexibility index (Phi) is 5.28. The Morgan fingerprint density at radius 3 is 1.96 bits per heavy atom. The normalized spacial score (nSPS) is 10.5. The molecule has 0 aliphatic carbocycles. The molecule has 0 aliphatic rings. The van der Waals surface area contributed by atoms with Gasteiger partial charge in [0.05, 0.1) is 37.7 Å². The maximum absolute atomic E-state index is 12.0. The van der Waals surface area contributed by atoms with E-state index in [1.165, 1.54) is 21.1 Å². The lowest BCUT2D eigenvalue weighted by molar-refractivity contribution is 0.0513. The number of benzene rings is 2. The second-order valence-electron chi connectivity index (χ2n) is 4.78. The second-order valence-corrected chi connectivity index (χ2v) is 4.78. The molecule has 0 aliphatic heterocycles. The van der Waals surface area contributed by atoms with Crippen molar-refractivity contribution in [2.24, 2.45) is 0 Å². The van der Waals surface area contributed by atoms with Gasteiger partial charge >= 0.3 is 0 Å². The summed E-state index contributed by atoms with van der Waals surface area (Å²) in [5.74, 6) is 1.88. The van der Waals surface area contributed by atoms with Gasteiger partial charge in [-0.3, -0.25) is 4.79 Å². The van der Waals surface area contributed by atoms with Crippen LogP contribution in [0.4, 0.5) is 0 Å². The van der Waals surface area contributed by atoms with Crippen LogP contribution in [0.1, 0.15) is 17.3 Å². The summed E-state index contributed by atoms with van der Waals surface area (Å²) in [6.07, 6.45) is 0. The van der Waals surface area contributed by atoms with E-state index in [0.717, 1.165) is 0 Å². The van der Waals surface area contributed by atoms with Crippen molar-refractivity contribution in [2.45, 2.75) is 6.92 Å². The van der Waals surface area contributed by atoms with Gasteiger partial charge in [-0.1, -0.05) is 0 Å². The minimum absolute atomic E-state index is 0.00206. The molecule has 0 saturated carbocycles. The van der Waals surface area contributed by atoms with Crippen molar-refractivity contribution in [2.75, 3.05) is 35.2 Å². The Hall–Kier alpha value is -2.47. The summed E-state index contributed by atoms with van der Waals surface area (Å²) in [6.45, 7) is 1.47. The first-order valence-electron chi connectivity index (χ1n) is 6.97. The fourth-order valence-corrected chi connectivity index (χ4v) is 2.47. The Morgan fingerprint density at radius 2 is 1.48 bits per heavy atom. The number of ether oxygens (including phenoxy) is 5. The monoisotopic (exact) mass is 320 g/mol. The summed E-state index contributed by atoms with van der Waals surface area (Å²) < 4.78 is 27.0. The van der Waals surface area contributed by atoms with Crippen LogP contribution in [0.3, 0.4) is 0 Å². The van der Waals surface area contributed by atoms with Crippen molar-refractivity contribution in [3.05, 3.63) is 23.8 Å². The van der Waals surface area contributed by atoms with E-state index in [1.807, 2.05) is 0 Å². The maximum Gasteiger partial charge on any atom is 0.188 e. The zero-order valence-electron chi connectivity index (χ0n) is 13.9. The Labute approximate surface area is 134 Å². The smallest absolute Gasteiger partial charge is 0.188 e. The molecule has 0 bridgehead atoms. The molecular formula is C17H20O6. The van der Waals surface area contributed by atoms with Crippen molar-refractivity contribution in [3.63, 3.8) is 0 Å². The molecule has 2 aromatic rings. The van der Waals surface area contributed by atoms with Gasteiger partial charge in [0.25, 0.3) is 0 Å².